The Kier molecular flexibility index (Phi) is 5.81. The normalized spacial score (nSPS) is 10.3. The first-order valence-corrected chi connectivity index (χ1v) is 6.89. The number of nitrogens with one attached hydrogen (secondary N) is 1. The number of amides is 1. The van der Waals surface area contributed by atoms with Gasteiger partial charge in [0.2, 0.25) is 0 Å². The zero-order valence-electron chi connectivity index (χ0n) is 10.00. The van der Waals surface area contributed by atoms with Crippen LogP contribution in [-0.2, 0) is 4.79 Å². The second kappa shape index (κ2) is 6.89. The van der Waals surface area contributed by atoms with Crippen LogP contribution in [-0.4, -0.2) is 24.8 Å². The van der Waals surface area contributed by atoms with Gasteiger partial charge in [-0.05, 0) is 57.8 Å². The van der Waals surface area contributed by atoms with Gasteiger partial charge in [-0.2, -0.15) is 0 Å². The Morgan fingerprint density at radius 3 is 2.39 bits per heavy atom. The van der Waals surface area contributed by atoms with E-state index in [9.17, 15) is 9.59 Å². The van der Waals surface area contributed by atoms with Crippen LogP contribution in [0.1, 0.15) is 24.2 Å². The van der Waals surface area contributed by atoms with Crippen molar-refractivity contribution in [1.29, 1.82) is 0 Å². The lowest BCUT2D eigenvalue weighted by molar-refractivity contribution is -0.123. The van der Waals surface area contributed by atoms with Gasteiger partial charge < -0.3 is 10.1 Å². The average Bonchev–Trinajstić information content (AvgIpc) is 2.26. The highest BCUT2D eigenvalue weighted by Crippen LogP contribution is 2.34. The minimum Gasteiger partial charge on any atom is -0.481 e. The van der Waals surface area contributed by atoms with Gasteiger partial charge in [0.25, 0.3) is 5.91 Å². The molecule has 0 saturated carbocycles. The average molecular weight is 379 g/mol. The fourth-order valence-electron chi connectivity index (χ4n) is 1.29. The summed E-state index contributed by atoms with van der Waals surface area (Å²) >= 11 is 6.59. The standard InChI is InChI=1S/C12H13Br2NO3/c1-7(2)15-11(17)6-18-12-9(13)3-8(5-16)4-10(12)14/h3-5,7H,6H2,1-2H3,(H,15,17). The molecule has 0 spiro atoms. The molecule has 1 aromatic carbocycles. The number of aldehydes is 1. The largest absolute Gasteiger partial charge is 0.481 e. The van der Waals surface area contributed by atoms with Crippen molar-refractivity contribution in [3.8, 4) is 5.75 Å². The predicted molar refractivity (Wildman–Crippen MR) is 76.0 cm³/mol. The Morgan fingerprint density at radius 2 is 1.94 bits per heavy atom. The van der Waals surface area contributed by atoms with Gasteiger partial charge in [0.05, 0.1) is 8.95 Å². The van der Waals surface area contributed by atoms with E-state index in [1.54, 1.807) is 12.1 Å². The van der Waals surface area contributed by atoms with Crippen molar-refractivity contribution >= 4 is 44.1 Å². The SMILES string of the molecule is CC(C)NC(=O)COc1c(Br)cc(C=O)cc1Br. The first kappa shape index (κ1) is 15.2. The van der Waals surface area contributed by atoms with Crippen LogP contribution >= 0.6 is 31.9 Å². The van der Waals surface area contributed by atoms with Gasteiger partial charge in [-0.1, -0.05) is 0 Å². The maximum atomic E-state index is 11.4. The highest BCUT2D eigenvalue weighted by atomic mass is 79.9. The van der Waals surface area contributed by atoms with E-state index in [-0.39, 0.29) is 18.6 Å². The van der Waals surface area contributed by atoms with Gasteiger partial charge >= 0.3 is 0 Å². The molecule has 0 fully saturated rings. The molecule has 0 heterocycles. The van der Waals surface area contributed by atoms with Crippen molar-refractivity contribution in [2.24, 2.45) is 0 Å². The van der Waals surface area contributed by atoms with Crippen molar-refractivity contribution in [1.82, 2.24) is 5.32 Å². The molecule has 1 aromatic rings. The van der Waals surface area contributed by atoms with Crippen LogP contribution in [0.25, 0.3) is 0 Å². The summed E-state index contributed by atoms with van der Waals surface area (Å²) in [6.45, 7) is 3.68. The molecule has 0 unspecified atom stereocenters. The number of carbonyl (C=O) groups excluding carboxylic acids is 2. The molecule has 1 amide bonds. The lowest BCUT2D eigenvalue weighted by Crippen LogP contribution is -2.34. The van der Waals surface area contributed by atoms with Crippen LogP contribution < -0.4 is 10.1 Å². The van der Waals surface area contributed by atoms with Crippen LogP contribution in [0.5, 0.6) is 5.75 Å². The summed E-state index contributed by atoms with van der Waals surface area (Å²) in [4.78, 5) is 22.1. The molecule has 0 atom stereocenters. The van der Waals surface area contributed by atoms with Crippen LogP contribution in [0, 0.1) is 0 Å². The second-order valence-corrected chi connectivity index (χ2v) is 5.65. The number of hydrogen-bond acceptors (Lipinski definition) is 3. The van der Waals surface area contributed by atoms with Crippen LogP contribution in [0.15, 0.2) is 21.1 Å². The van der Waals surface area contributed by atoms with Gasteiger partial charge in [0.15, 0.2) is 6.61 Å². The monoisotopic (exact) mass is 377 g/mol. The van der Waals surface area contributed by atoms with E-state index in [0.29, 0.717) is 20.3 Å². The lowest BCUT2D eigenvalue weighted by atomic mass is 10.2. The van der Waals surface area contributed by atoms with E-state index >= 15 is 0 Å². The number of rotatable bonds is 5. The lowest BCUT2D eigenvalue weighted by Gasteiger charge is -2.12. The predicted octanol–water partition coefficient (Wildman–Crippen LogP) is 2.93. The number of benzene rings is 1. The summed E-state index contributed by atoms with van der Waals surface area (Å²) in [7, 11) is 0. The van der Waals surface area contributed by atoms with Gasteiger partial charge in [-0.3, -0.25) is 9.59 Å². The summed E-state index contributed by atoms with van der Waals surface area (Å²) in [5.41, 5.74) is 0.521. The van der Waals surface area contributed by atoms with E-state index < -0.39 is 0 Å². The topological polar surface area (TPSA) is 55.4 Å². The van der Waals surface area contributed by atoms with Crippen molar-refractivity contribution in [2.75, 3.05) is 6.61 Å². The molecule has 0 aliphatic rings. The molecule has 0 aliphatic carbocycles. The summed E-state index contributed by atoms with van der Waals surface area (Å²) < 4.78 is 6.65. The smallest absolute Gasteiger partial charge is 0.258 e. The van der Waals surface area contributed by atoms with E-state index in [0.717, 1.165) is 6.29 Å². The van der Waals surface area contributed by atoms with E-state index in [1.165, 1.54) is 0 Å². The molecule has 98 valence electrons. The molecule has 0 radical (unpaired) electrons. The molecule has 6 heteroatoms. The van der Waals surface area contributed by atoms with E-state index in [1.807, 2.05) is 13.8 Å². The molecule has 1 rings (SSSR count). The molecule has 1 N–H and O–H groups in total. The summed E-state index contributed by atoms with van der Waals surface area (Å²) in [5, 5.41) is 2.72. The number of hydrogen-bond donors (Lipinski definition) is 1. The number of carbonyl (C=O) groups is 2. The third kappa shape index (κ3) is 4.42. The van der Waals surface area contributed by atoms with Crippen molar-refractivity contribution < 1.29 is 14.3 Å². The molecular weight excluding hydrogens is 366 g/mol. The zero-order valence-corrected chi connectivity index (χ0v) is 13.2. The first-order chi connectivity index (χ1) is 8.43. The third-order valence-electron chi connectivity index (χ3n) is 1.95. The van der Waals surface area contributed by atoms with E-state index in [2.05, 4.69) is 37.2 Å². The van der Waals surface area contributed by atoms with Gasteiger partial charge in [0.1, 0.15) is 12.0 Å². The minimum atomic E-state index is -0.191. The van der Waals surface area contributed by atoms with Gasteiger partial charge in [0, 0.05) is 11.6 Å². The molecule has 0 bridgehead atoms. The molecule has 0 aliphatic heterocycles. The van der Waals surface area contributed by atoms with Gasteiger partial charge in [-0.15, -0.1) is 0 Å². The van der Waals surface area contributed by atoms with E-state index in [4.69, 9.17) is 4.74 Å². The number of halogens is 2. The van der Waals surface area contributed by atoms with Gasteiger partial charge in [-0.25, -0.2) is 0 Å². The molecule has 0 saturated heterocycles. The zero-order chi connectivity index (χ0) is 13.7. The van der Waals surface area contributed by atoms with Crippen molar-refractivity contribution in [3.05, 3.63) is 26.6 Å². The Hall–Kier alpha value is -0.880. The maximum Gasteiger partial charge on any atom is 0.258 e. The second-order valence-electron chi connectivity index (χ2n) is 3.94. The summed E-state index contributed by atoms with van der Waals surface area (Å²) in [5.74, 6) is 0.308. The Morgan fingerprint density at radius 1 is 1.39 bits per heavy atom. The fraction of sp³-hybridized carbons (Fsp3) is 0.333. The summed E-state index contributed by atoms with van der Waals surface area (Å²) in [6.07, 6.45) is 0.741. The number of ether oxygens (including phenoxy) is 1. The third-order valence-corrected chi connectivity index (χ3v) is 3.13. The highest BCUT2D eigenvalue weighted by Gasteiger charge is 2.11. The first-order valence-electron chi connectivity index (χ1n) is 5.30. The Labute approximate surface area is 122 Å². The molecular formula is C12H13Br2NO3. The van der Waals surface area contributed by atoms with Crippen LogP contribution in [0.3, 0.4) is 0 Å². The minimum absolute atomic E-state index is 0.0736. The van der Waals surface area contributed by atoms with Crippen molar-refractivity contribution in [2.45, 2.75) is 19.9 Å². The maximum absolute atomic E-state index is 11.4. The molecule has 4 nitrogen and oxygen atoms in total. The highest BCUT2D eigenvalue weighted by molar-refractivity contribution is 9.11. The van der Waals surface area contributed by atoms with Crippen molar-refractivity contribution in [3.63, 3.8) is 0 Å². The van der Waals surface area contributed by atoms with Crippen LogP contribution in [0.2, 0.25) is 0 Å². The Balaban J connectivity index is 2.73. The van der Waals surface area contributed by atoms with Crippen LogP contribution in [0.4, 0.5) is 0 Å². The fourth-order valence-corrected chi connectivity index (χ4v) is 2.74. The Bertz CT molecular complexity index is 438. The molecule has 18 heavy (non-hydrogen) atoms. The molecule has 0 aromatic heterocycles. The quantitative estimate of drug-likeness (QED) is 0.801. The summed E-state index contributed by atoms with van der Waals surface area (Å²) in [6, 6.07) is 3.34.